The summed E-state index contributed by atoms with van der Waals surface area (Å²) >= 11 is 0. The number of phenolic OH excluding ortho intramolecular Hbond substituents is 1. The van der Waals surface area contributed by atoms with Crippen LogP contribution in [0.5, 0.6) is 5.75 Å². The highest BCUT2D eigenvalue weighted by Crippen LogP contribution is 2.36. The fourth-order valence-corrected chi connectivity index (χ4v) is 4.67. The molecule has 8 heteroatoms. The summed E-state index contributed by atoms with van der Waals surface area (Å²) in [6.45, 7) is 0. The van der Waals surface area contributed by atoms with E-state index in [4.69, 9.17) is 0 Å². The van der Waals surface area contributed by atoms with Crippen LogP contribution >= 0.6 is 0 Å². The molecule has 0 radical (unpaired) electrons. The second kappa shape index (κ2) is 7.21. The Balaban J connectivity index is 1.48. The first-order valence-corrected chi connectivity index (χ1v) is 10.6. The fourth-order valence-electron chi connectivity index (χ4n) is 3.83. The highest BCUT2D eigenvalue weighted by atomic mass is 32.2. The maximum absolute atomic E-state index is 12.3. The van der Waals surface area contributed by atoms with E-state index in [1.165, 1.54) is 6.26 Å². The Morgan fingerprint density at radius 2 is 1.76 bits per heavy atom. The van der Waals surface area contributed by atoms with Crippen molar-refractivity contribution in [2.45, 2.75) is 56.7 Å². The Labute approximate surface area is 148 Å². The van der Waals surface area contributed by atoms with E-state index in [9.17, 15) is 18.3 Å². The van der Waals surface area contributed by atoms with Gasteiger partial charge in [0, 0.05) is 12.1 Å². The summed E-state index contributed by atoms with van der Waals surface area (Å²) in [5.41, 5.74) is 1.90. The lowest BCUT2D eigenvalue weighted by Gasteiger charge is -2.29. The number of sulfonamides is 1. The molecule has 2 aliphatic carbocycles. The first-order chi connectivity index (χ1) is 11.8. The molecule has 0 heterocycles. The Hall–Kier alpha value is -1.80. The van der Waals surface area contributed by atoms with Gasteiger partial charge in [-0.25, -0.2) is 17.9 Å². The number of nitrogens with one attached hydrogen (secondary N) is 3. The van der Waals surface area contributed by atoms with E-state index < -0.39 is 10.0 Å². The summed E-state index contributed by atoms with van der Waals surface area (Å²) in [4.78, 5) is 12.3. The van der Waals surface area contributed by atoms with Gasteiger partial charge in [0.15, 0.2) is 0 Å². The largest absolute Gasteiger partial charge is 0.508 e. The Morgan fingerprint density at radius 1 is 1.08 bits per heavy atom. The molecule has 0 unspecified atom stereocenters. The molecule has 0 aromatic heterocycles. The average molecular weight is 367 g/mol. The Bertz CT molecular complexity index is 742. The number of carbonyl (C=O) groups is 1. The summed E-state index contributed by atoms with van der Waals surface area (Å²) in [5, 5.41) is 15.8. The quantitative estimate of drug-likeness (QED) is 0.647. The summed E-state index contributed by atoms with van der Waals surface area (Å²) in [6, 6.07) is 5.14. The van der Waals surface area contributed by atoms with Gasteiger partial charge in [-0.3, -0.25) is 0 Å². The van der Waals surface area contributed by atoms with E-state index in [1.807, 2.05) is 6.07 Å². The zero-order valence-electron chi connectivity index (χ0n) is 14.3. The molecular formula is C17H25N3O4S. The van der Waals surface area contributed by atoms with Crippen LogP contribution in [0.25, 0.3) is 0 Å². The van der Waals surface area contributed by atoms with Gasteiger partial charge in [0.1, 0.15) is 5.75 Å². The zero-order chi connectivity index (χ0) is 18.0. The second-order valence-corrected chi connectivity index (χ2v) is 8.77. The number of amides is 2. The zero-order valence-corrected chi connectivity index (χ0v) is 15.1. The molecule has 1 fully saturated rings. The van der Waals surface area contributed by atoms with Crippen molar-refractivity contribution in [1.82, 2.24) is 15.4 Å². The van der Waals surface area contributed by atoms with Gasteiger partial charge in [-0.05, 0) is 55.7 Å². The molecule has 0 bridgehead atoms. The van der Waals surface area contributed by atoms with E-state index in [-0.39, 0.29) is 24.2 Å². The van der Waals surface area contributed by atoms with Gasteiger partial charge < -0.3 is 15.7 Å². The van der Waals surface area contributed by atoms with Gasteiger partial charge in [0.25, 0.3) is 0 Å². The van der Waals surface area contributed by atoms with Crippen LogP contribution in [0.2, 0.25) is 0 Å². The topological polar surface area (TPSA) is 108 Å². The van der Waals surface area contributed by atoms with E-state index in [0.29, 0.717) is 5.75 Å². The van der Waals surface area contributed by atoms with E-state index in [2.05, 4.69) is 15.4 Å². The number of carbonyl (C=O) groups excluding carboxylic acids is 1. The number of fused-ring (bicyclic) bond motifs is 1. The minimum Gasteiger partial charge on any atom is -0.508 e. The van der Waals surface area contributed by atoms with Crippen molar-refractivity contribution in [2.24, 2.45) is 0 Å². The predicted molar refractivity (Wildman–Crippen MR) is 94.9 cm³/mol. The molecule has 1 aromatic rings. The van der Waals surface area contributed by atoms with Crippen molar-refractivity contribution >= 4 is 16.1 Å². The molecule has 2 amide bonds. The number of phenols is 1. The SMILES string of the molecule is CS(=O)(=O)N[C@H]1CC[C@@H](NC(=O)N[C@@H]2CCc3c(O)cccc32)CC1. The third-order valence-corrected chi connectivity index (χ3v) is 5.76. The summed E-state index contributed by atoms with van der Waals surface area (Å²) in [7, 11) is -3.18. The van der Waals surface area contributed by atoms with Crippen molar-refractivity contribution in [3.05, 3.63) is 29.3 Å². The lowest BCUT2D eigenvalue weighted by atomic mass is 9.92. The molecule has 2 aliphatic rings. The van der Waals surface area contributed by atoms with Gasteiger partial charge >= 0.3 is 6.03 Å². The third-order valence-electron chi connectivity index (χ3n) is 4.99. The first kappa shape index (κ1) is 18.0. The number of benzene rings is 1. The molecule has 1 aromatic carbocycles. The van der Waals surface area contributed by atoms with Gasteiger partial charge in [0.05, 0.1) is 12.3 Å². The second-order valence-electron chi connectivity index (χ2n) is 6.99. The van der Waals surface area contributed by atoms with Crippen LogP contribution in [0.3, 0.4) is 0 Å². The van der Waals surface area contributed by atoms with Crippen molar-refractivity contribution < 1.29 is 18.3 Å². The molecule has 3 rings (SSSR count). The van der Waals surface area contributed by atoms with E-state index in [1.54, 1.807) is 12.1 Å². The smallest absolute Gasteiger partial charge is 0.315 e. The number of rotatable bonds is 4. The highest BCUT2D eigenvalue weighted by molar-refractivity contribution is 7.88. The molecule has 4 N–H and O–H groups in total. The van der Waals surface area contributed by atoms with Crippen LogP contribution in [0, 0.1) is 0 Å². The van der Waals surface area contributed by atoms with Crippen molar-refractivity contribution in [1.29, 1.82) is 0 Å². The van der Waals surface area contributed by atoms with Gasteiger partial charge in [0.2, 0.25) is 10.0 Å². The third kappa shape index (κ3) is 4.64. The van der Waals surface area contributed by atoms with Gasteiger partial charge in [-0.1, -0.05) is 12.1 Å². The van der Waals surface area contributed by atoms with Crippen LogP contribution in [0.1, 0.15) is 49.3 Å². The van der Waals surface area contributed by atoms with Crippen LogP contribution < -0.4 is 15.4 Å². The van der Waals surface area contributed by atoms with E-state index in [0.717, 1.165) is 49.7 Å². The molecule has 1 saturated carbocycles. The summed E-state index contributed by atoms with van der Waals surface area (Å²) in [5.74, 6) is 0.291. The fraction of sp³-hybridized carbons (Fsp3) is 0.588. The normalized spacial score (nSPS) is 26.0. The number of hydrogen-bond donors (Lipinski definition) is 4. The van der Waals surface area contributed by atoms with Crippen molar-refractivity contribution in [3.63, 3.8) is 0 Å². The number of aromatic hydroxyl groups is 1. The molecule has 0 aliphatic heterocycles. The Kier molecular flexibility index (Phi) is 5.19. The highest BCUT2D eigenvalue weighted by Gasteiger charge is 2.28. The van der Waals surface area contributed by atoms with Crippen LogP contribution in [-0.4, -0.2) is 37.9 Å². The van der Waals surface area contributed by atoms with Crippen molar-refractivity contribution in [3.8, 4) is 5.75 Å². The first-order valence-electron chi connectivity index (χ1n) is 8.67. The number of hydrogen-bond acceptors (Lipinski definition) is 4. The molecule has 138 valence electrons. The lowest BCUT2D eigenvalue weighted by molar-refractivity contribution is 0.226. The lowest BCUT2D eigenvalue weighted by Crippen LogP contribution is -2.47. The van der Waals surface area contributed by atoms with Gasteiger partial charge in [-0.15, -0.1) is 0 Å². The summed E-state index contributed by atoms with van der Waals surface area (Å²) < 4.78 is 25.2. The molecular weight excluding hydrogens is 342 g/mol. The molecule has 25 heavy (non-hydrogen) atoms. The summed E-state index contributed by atoms with van der Waals surface area (Å²) in [6.07, 6.45) is 5.66. The maximum atomic E-state index is 12.3. The Morgan fingerprint density at radius 3 is 2.44 bits per heavy atom. The minimum absolute atomic E-state index is 0.0409. The average Bonchev–Trinajstić information content (AvgIpc) is 2.92. The maximum Gasteiger partial charge on any atom is 0.315 e. The van der Waals surface area contributed by atoms with Crippen molar-refractivity contribution in [2.75, 3.05) is 6.26 Å². The predicted octanol–water partition coefficient (Wildman–Crippen LogP) is 1.54. The molecule has 7 nitrogen and oxygen atoms in total. The molecule has 0 saturated heterocycles. The monoisotopic (exact) mass is 367 g/mol. The van der Waals surface area contributed by atoms with Gasteiger partial charge in [-0.2, -0.15) is 0 Å². The molecule has 0 spiro atoms. The van der Waals surface area contributed by atoms with Crippen LogP contribution in [0.15, 0.2) is 18.2 Å². The van der Waals surface area contributed by atoms with E-state index >= 15 is 0 Å². The molecule has 1 atom stereocenters. The standard InChI is InChI=1S/C17H25N3O4S/c1-25(23,24)20-12-7-5-11(6-8-12)18-17(22)19-15-10-9-14-13(15)3-2-4-16(14)21/h2-4,11-12,15,20-21H,5-10H2,1H3,(H2,18,19,22)/t11-,12+,15-/m1/s1. The van der Waals surface area contributed by atoms with Crippen LogP contribution in [-0.2, 0) is 16.4 Å². The number of urea groups is 1. The minimum atomic E-state index is -3.18. The van der Waals surface area contributed by atoms with Crippen LogP contribution in [0.4, 0.5) is 4.79 Å².